The van der Waals surface area contributed by atoms with Crippen LogP contribution in [-0.2, 0) is 0 Å². The van der Waals surface area contributed by atoms with Crippen LogP contribution >= 0.6 is 11.6 Å². The monoisotopic (exact) mass is 241 g/mol. The first-order chi connectivity index (χ1) is 8.13. The summed E-state index contributed by atoms with van der Waals surface area (Å²) in [6, 6.07) is 7.84. The van der Waals surface area contributed by atoms with Crippen LogP contribution in [0.4, 0.5) is 0 Å². The van der Waals surface area contributed by atoms with E-state index >= 15 is 0 Å². The number of rotatable bonds is 1. The third-order valence-corrected chi connectivity index (χ3v) is 3.12. The summed E-state index contributed by atoms with van der Waals surface area (Å²) in [6.07, 6.45) is 9.16. The zero-order valence-corrected chi connectivity index (χ0v) is 10.3. The summed E-state index contributed by atoms with van der Waals surface area (Å²) in [5.41, 5.74) is 3.82. The molecule has 0 saturated carbocycles. The molecule has 1 aliphatic heterocycles. The fourth-order valence-electron chi connectivity index (χ4n) is 1.69. The summed E-state index contributed by atoms with van der Waals surface area (Å²) in [7, 11) is 1.94. The Morgan fingerprint density at radius 1 is 1.24 bits per heavy atom. The molecule has 0 spiro atoms. The highest BCUT2D eigenvalue weighted by atomic mass is 35.5. The van der Waals surface area contributed by atoms with E-state index in [1.807, 2.05) is 48.4 Å². The van der Waals surface area contributed by atoms with E-state index in [9.17, 15) is 0 Å². The molecule has 1 aromatic carbocycles. The molecule has 2 rings (SSSR count). The molecule has 17 heavy (non-hydrogen) atoms. The van der Waals surface area contributed by atoms with Crippen molar-refractivity contribution in [1.29, 1.82) is 0 Å². The highest BCUT2D eigenvalue weighted by Crippen LogP contribution is 2.30. The van der Waals surface area contributed by atoms with E-state index < -0.39 is 0 Å². The Bertz CT molecular complexity index is 556. The predicted molar refractivity (Wildman–Crippen MR) is 73.2 cm³/mol. The standard InChI is InChI=1S/C15H12ClN/c1-4-12-5-7-13(8-6-12)15-10-9-14(16)11(2)17(15)3/h1,5-10H,2H2,3H3. The summed E-state index contributed by atoms with van der Waals surface area (Å²) < 4.78 is 0. The van der Waals surface area contributed by atoms with Crippen LogP contribution in [0.3, 0.4) is 0 Å². The van der Waals surface area contributed by atoms with E-state index in [1.54, 1.807) is 0 Å². The molecule has 0 bridgehead atoms. The number of nitrogens with zero attached hydrogens (tertiary/aromatic N) is 1. The van der Waals surface area contributed by atoms with Crippen molar-refractivity contribution in [2.24, 2.45) is 0 Å². The lowest BCUT2D eigenvalue weighted by Crippen LogP contribution is -2.18. The molecule has 0 N–H and O–H groups in total. The highest BCUT2D eigenvalue weighted by Gasteiger charge is 2.15. The molecule has 1 aliphatic rings. The number of likely N-dealkylation sites (N-methyl/N-ethyl adjacent to an activating group) is 1. The van der Waals surface area contributed by atoms with Crippen LogP contribution in [0, 0.1) is 12.3 Å². The quantitative estimate of drug-likeness (QED) is 0.680. The van der Waals surface area contributed by atoms with Crippen LogP contribution in [0.5, 0.6) is 0 Å². The van der Waals surface area contributed by atoms with Gasteiger partial charge in [-0.2, -0.15) is 0 Å². The van der Waals surface area contributed by atoms with Crippen molar-refractivity contribution >= 4 is 17.3 Å². The van der Waals surface area contributed by atoms with E-state index in [-0.39, 0.29) is 0 Å². The third-order valence-electron chi connectivity index (χ3n) is 2.78. The number of hydrogen-bond donors (Lipinski definition) is 0. The maximum Gasteiger partial charge on any atom is 0.0637 e. The minimum atomic E-state index is 0.663. The topological polar surface area (TPSA) is 3.24 Å². The van der Waals surface area contributed by atoms with E-state index in [2.05, 4.69) is 12.5 Å². The van der Waals surface area contributed by atoms with E-state index in [0.717, 1.165) is 22.5 Å². The predicted octanol–water partition coefficient (Wildman–Crippen LogP) is 3.59. The van der Waals surface area contributed by atoms with Gasteiger partial charge in [0, 0.05) is 18.3 Å². The molecule has 84 valence electrons. The van der Waals surface area contributed by atoms with Crippen LogP contribution in [0.1, 0.15) is 11.1 Å². The Kier molecular flexibility index (Phi) is 3.08. The molecule has 1 heterocycles. The summed E-state index contributed by atoms with van der Waals surface area (Å²) in [4.78, 5) is 1.97. The fourth-order valence-corrected chi connectivity index (χ4v) is 1.88. The van der Waals surface area contributed by atoms with Crippen molar-refractivity contribution in [3.63, 3.8) is 0 Å². The lowest BCUT2D eigenvalue weighted by molar-refractivity contribution is 0.611. The second kappa shape index (κ2) is 4.53. The zero-order chi connectivity index (χ0) is 12.4. The van der Waals surface area contributed by atoms with E-state index in [4.69, 9.17) is 18.0 Å². The number of hydrogen-bond acceptors (Lipinski definition) is 1. The normalized spacial score (nSPS) is 15.1. The Balaban J connectivity index is 2.40. The summed E-state index contributed by atoms with van der Waals surface area (Å²) in [5, 5.41) is 0.663. The number of benzene rings is 1. The van der Waals surface area contributed by atoms with Crippen molar-refractivity contribution in [1.82, 2.24) is 4.90 Å². The summed E-state index contributed by atoms with van der Waals surface area (Å²) in [5.74, 6) is 2.60. The second-order valence-corrected chi connectivity index (χ2v) is 4.20. The van der Waals surface area contributed by atoms with Gasteiger partial charge in [-0.15, -0.1) is 6.42 Å². The molecule has 0 amide bonds. The van der Waals surface area contributed by atoms with Gasteiger partial charge in [0.1, 0.15) is 0 Å². The minimum absolute atomic E-state index is 0.663. The van der Waals surface area contributed by atoms with Crippen LogP contribution in [0.2, 0.25) is 0 Å². The summed E-state index contributed by atoms with van der Waals surface area (Å²) >= 11 is 6.01. The number of terminal acetylenes is 1. The van der Waals surface area contributed by atoms with Crippen molar-refractivity contribution in [2.45, 2.75) is 0 Å². The molecule has 0 fully saturated rings. The molecule has 2 heteroatoms. The average Bonchev–Trinajstić information content (AvgIpc) is 2.36. The van der Waals surface area contributed by atoms with Gasteiger partial charge in [-0.05, 0) is 29.8 Å². The largest absolute Gasteiger partial charge is 0.343 e. The van der Waals surface area contributed by atoms with Gasteiger partial charge in [0.25, 0.3) is 0 Å². The maximum absolute atomic E-state index is 6.01. The molecule has 0 saturated heterocycles. The number of allylic oxidation sites excluding steroid dienone is 3. The van der Waals surface area contributed by atoms with Gasteiger partial charge in [0.2, 0.25) is 0 Å². The molecule has 1 nitrogen and oxygen atoms in total. The number of halogens is 1. The highest BCUT2D eigenvalue weighted by molar-refractivity contribution is 6.32. The van der Waals surface area contributed by atoms with Gasteiger partial charge in [-0.1, -0.05) is 36.2 Å². The van der Waals surface area contributed by atoms with Gasteiger partial charge >= 0.3 is 0 Å². The van der Waals surface area contributed by atoms with Crippen molar-refractivity contribution in [3.8, 4) is 12.3 Å². The van der Waals surface area contributed by atoms with E-state index in [1.165, 1.54) is 0 Å². The maximum atomic E-state index is 6.01. The molecule has 0 atom stereocenters. The third kappa shape index (κ3) is 2.13. The van der Waals surface area contributed by atoms with Gasteiger partial charge in [0.05, 0.1) is 10.7 Å². The van der Waals surface area contributed by atoms with Crippen LogP contribution in [-0.4, -0.2) is 11.9 Å². The Labute approximate surface area is 107 Å². The second-order valence-electron chi connectivity index (χ2n) is 3.79. The van der Waals surface area contributed by atoms with Crippen LogP contribution in [0.25, 0.3) is 5.70 Å². The van der Waals surface area contributed by atoms with Crippen molar-refractivity contribution < 1.29 is 0 Å². The lowest BCUT2D eigenvalue weighted by Gasteiger charge is -2.27. The minimum Gasteiger partial charge on any atom is -0.343 e. The first-order valence-electron chi connectivity index (χ1n) is 5.21. The van der Waals surface area contributed by atoms with Crippen LogP contribution < -0.4 is 0 Å². The molecule has 0 aromatic heterocycles. The Morgan fingerprint density at radius 3 is 2.47 bits per heavy atom. The Hall–Kier alpha value is -1.91. The fraction of sp³-hybridized carbons (Fsp3) is 0.0667. The van der Waals surface area contributed by atoms with Crippen molar-refractivity contribution in [2.75, 3.05) is 7.05 Å². The molecule has 0 unspecified atom stereocenters. The van der Waals surface area contributed by atoms with Crippen LogP contribution in [0.15, 0.2) is 53.7 Å². The van der Waals surface area contributed by atoms with Gasteiger partial charge in [-0.3, -0.25) is 0 Å². The first-order valence-corrected chi connectivity index (χ1v) is 5.59. The molecule has 0 radical (unpaired) electrons. The van der Waals surface area contributed by atoms with E-state index in [0.29, 0.717) is 5.03 Å². The van der Waals surface area contributed by atoms with Crippen molar-refractivity contribution in [3.05, 3.63) is 64.9 Å². The average molecular weight is 242 g/mol. The molecule has 0 aliphatic carbocycles. The first kappa shape index (κ1) is 11.6. The Morgan fingerprint density at radius 2 is 1.88 bits per heavy atom. The van der Waals surface area contributed by atoms with Gasteiger partial charge < -0.3 is 4.90 Å². The molecule has 1 aromatic rings. The SMILES string of the molecule is C#Cc1ccc(C2=CC=C(Cl)C(=C)N2C)cc1. The molecular weight excluding hydrogens is 230 g/mol. The molecular formula is C15H12ClN. The summed E-state index contributed by atoms with van der Waals surface area (Å²) in [6.45, 7) is 3.94. The zero-order valence-electron chi connectivity index (χ0n) is 9.57. The lowest BCUT2D eigenvalue weighted by atomic mass is 10.1. The van der Waals surface area contributed by atoms with Gasteiger partial charge in [-0.25, -0.2) is 0 Å². The van der Waals surface area contributed by atoms with Gasteiger partial charge in [0.15, 0.2) is 0 Å². The smallest absolute Gasteiger partial charge is 0.0637 e.